The molecule has 0 saturated carbocycles. The van der Waals surface area contributed by atoms with Gasteiger partial charge < -0.3 is 9.47 Å². The van der Waals surface area contributed by atoms with Crippen molar-refractivity contribution >= 4 is 12.0 Å². The van der Waals surface area contributed by atoms with Gasteiger partial charge in [0.25, 0.3) is 5.91 Å². The summed E-state index contributed by atoms with van der Waals surface area (Å²) in [5, 5.41) is 0. The average molecular weight is 332 g/mol. The summed E-state index contributed by atoms with van der Waals surface area (Å²) >= 11 is 0. The highest BCUT2D eigenvalue weighted by Gasteiger charge is 2.39. The van der Waals surface area contributed by atoms with Crippen LogP contribution in [0.5, 0.6) is 0 Å². The minimum Gasteiger partial charge on any atom is -0.443 e. The minimum absolute atomic E-state index is 0.207. The van der Waals surface area contributed by atoms with Crippen LogP contribution in [0.1, 0.15) is 67.5 Å². The van der Waals surface area contributed by atoms with Crippen LogP contribution in [0.25, 0.3) is 0 Å². The van der Waals surface area contributed by atoms with Crippen molar-refractivity contribution in [2.75, 3.05) is 0 Å². The number of rotatable bonds is 0. The molecular weight excluding hydrogens is 308 g/mol. The molecule has 1 aromatic heterocycles. The molecule has 0 aliphatic carbocycles. The van der Waals surface area contributed by atoms with Crippen molar-refractivity contribution in [3.8, 4) is 0 Å². The van der Waals surface area contributed by atoms with E-state index in [9.17, 15) is 9.59 Å². The molecule has 2 aliphatic rings. The van der Waals surface area contributed by atoms with Crippen molar-refractivity contribution in [3.63, 3.8) is 0 Å². The Morgan fingerprint density at radius 1 is 1.29 bits per heavy atom. The first kappa shape index (κ1) is 16.9. The van der Waals surface area contributed by atoms with E-state index >= 15 is 0 Å². The summed E-state index contributed by atoms with van der Waals surface area (Å²) in [6.45, 7) is 12.0. The van der Waals surface area contributed by atoms with Crippen LogP contribution in [0.3, 0.4) is 0 Å². The van der Waals surface area contributed by atoms with Gasteiger partial charge >= 0.3 is 6.09 Å². The topological polar surface area (TPSA) is 68.7 Å². The van der Waals surface area contributed by atoms with Crippen molar-refractivity contribution in [2.24, 2.45) is 0 Å². The smallest absolute Gasteiger partial charge is 0.417 e. The maximum atomic E-state index is 12.7. The number of carbonyl (C=O) groups excluding carboxylic acids is 2. The molecule has 2 aliphatic heterocycles. The van der Waals surface area contributed by atoms with Crippen molar-refractivity contribution in [1.82, 2.24) is 9.88 Å². The fourth-order valence-corrected chi connectivity index (χ4v) is 3.10. The van der Waals surface area contributed by atoms with Gasteiger partial charge in [-0.15, -0.1) is 0 Å². The number of pyridine rings is 1. The van der Waals surface area contributed by atoms with Gasteiger partial charge in [0.2, 0.25) is 0 Å². The second kappa shape index (κ2) is 5.28. The Kier molecular flexibility index (Phi) is 3.71. The number of imide groups is 1. The first-order chi connectivity index (χ1) is 11.0. The van der Waals surface area contributed by atoms with Gasteiger partial charge in [0.05, 0.1) is 18.8 Å². The van der Waals surface area contributed by atoms with Crippen LogP contribution in [-0.2, 0) is 29.0 Å². The Morgan fingerprint density at radius 3 is 2.58 bits per heavy atom. The number of fused-ring (bicyclic) bond motifs is 2. The van der Waals surface area contributed by atoms with Crippen LogP contribution < -0.4 is 0 Å². The van der Waals surface area contributed by atoms with Gasteiger partial charge in [0.1, 0.15) is 11.3 Å². The summed E-state index contributed by atoms with van der Waals surface area (Å²) in [7, 11) is 0. The summed E-state index contributed by atoms with van der Waals surface area (Å²) in [6, 6.07) is 0. The number of hydrogen-bond donors (Lipinski definition) is 0. The van der Waals surface area contributed by atoms with Crippen LogP contribution >= 0.6 is 0 Å². The van der Waals surface area contributed by atoms with E-state index in [1.54, 1.807) is 20.8 Å². The first-order valence-corrected chi connectivity index (χ1v) is 8.18. The zero-order valence-corrected chi connectivity index (χ0v) is 15.1. The Hall–Kier alpha value is -1.95. The SMILES string of the molecule is Cc1c2c(nc3c1CN(C(=O)OC(C)(C)C)C3=O)CC(C)(C)OC2. The van der Waals surface area contributed by atoms with Gasteiger partial charge in [-0.05, 0) is 47.1 Å². The third-order valence-corrected chi connectivity index (χ3v) is 4.36. The fraction of sp³-hybridized carbons (Fsp3) is 0.611. The highest BCUT2D eigenvalue weighted by atomic mass is 16.6. The predicted octanol–water partition coefficient (Wildman–Crippen LogP) is 3.13. The predicted molar refractivity (Wildman–Crippen MR) is 87.7 cm³/mol. The lowest BCUT2D eigenvalue weighted by molar-refractivity contribution is -0.0416. The van der Waals surface area contributed by atoms with Gasteiger partial charge in [-0.1, -0.05) is 0 Å². The molecule has 0 N–H and O–H groups in total. The number of carbonyl (C=O) groups is 2. The van der Waals surface area contributed by atoms with Crippen molar-refractivity contribution in [3.05, 3.63) is 28.1 Å². The second-order valence-electron chi connectivity index (χ2n) is 8.09. The molecule has 3 heterocycles. The van der Waals surface area contributed by atoms with E-state index < -0.39 is 11.7 Å². The van der Waals surface area contributed by atoms with E-state index in [4.69, 9.17) is 9.47 Å². The quantitative estimate of drug-likeness (QED) is 0.730. The van der Waals surface area contributed by atoms with Gasteiger partial charge in [0.15, 0.2) is 0 Å². The van der Waals surface area contributed by atoms with Crippen molar-refractivity contribution in [1.29, 1.82) is 0 Å². The van der Waals surface area contributed by atoms with Crippen LogP contribution in [0.2, 0.25) is 0 Å². The molecular formula is C18H24N2O4. The highest BCUT2D eigenvalue weighted by Crippen LogP contribution is 2.34. The number of nitrogens with zero attached hydrogens (tertiary/aromatic N) is 2. The summed E-state index contributed by atoms with van der Waals surface area (Å²) in [4.78, 5) is 30.7. The first-order valence-electron chi connectivity index (χ1n) is 8.18. The molecule has 1 aromatic rings. The molecule has 0 radical (unpaired) electrons. The Morgan fingerprint density at radius 2 is 1.96 bits per heavy atom. The van der Waals surface area contributed by atoms with Gasteiger partial charge in [0, 0.05) is 23.2 Å². The normalized spacial score (nSPS) is 19.1. The van der Waals surface area contributed by atoms with Crippen molar-refractivity contribution < 1.29 is 19.1 Å². The van der Waals surface area contributed by atoms with Crippen molar-refractivity contribution in [2.45, 2.75) is 72.3 Å². The summed E-state index contributed by atoms with van der Waals surface area (Å²) in [5.41, 5.74) is 3.14. The van der Waals surface area contributed by atoms with Gasteiger partial charge in [-0.2, -0.15) is 0 Å². The molecule has 130 valence electrons. The van der Waals surface area contributed by atoms with Crippen LogP contribution in [0.4, 0.5) is 4.79 Å². The van der Waals surface area contributed by atoms with E-state index in [2.05, 4.69) is 4.98 Å². The third-order valence-electron chi connectivity index (χ3n) is 4.36. The standard InChI is InChI=1S/C18H24N2O4/c1-10-11-8-20(16(22)24-17(2,3)4)15(21)14(11)19-13-7-18(5,6)23-9-12(10)13/h7-9H2,1-6H3. The number of aromatic nitrogens is 1. The Balaban J connectivity index is 1.95. The molecule has 6 heteroatoms. The fourth-order valence-electron chi connectivity index (χ4n) is 3.10. The van der Waals surface area contributed by atoms with Crippen LogP contribution in [-0.4, -0.2) is 33.1 Å². The molecule has 0 aromatic carbocycles. The molecule has 0 unspecified atom stereocenters. The van der Waals surface area contributed by atoms with Gasteiger partial charge in [-0.25, -0.2) is 14.7 Å². The van der Waals surface area contributed by atoms with Gasteiger partial charge in [-0.3, -0.25) is 4.79 Å². The minimum atomic E-state index is -0.647. The number of amides is 2. The van der Waals surface area contributed by atoms with E-state index in [1.165, 1.54) is 0 Å². The van der Waals surface area contributed by atoms with E-state index in [0.717, 1.165) is 27.3 Å². The zero-order chi connectivity index (χ0) is 17.9. The van der Waals surface area contributed by atoms with Crippen LogP contribution in [0, 0.1) is 6.92 Å². The van der Waals surface area contributed by atoms with E-state index in [0.29, 0.717) is 18.7 Å². The van der Waals surface area contributed by atoms with Crippen LogP contribution in [0.15, 0.2) is 0 Å². The zero-order valence-electron chi connectivity index (χ0n) is 15.1. The lowest BCUT2D eigenvalue weighted by Gasteiger charge is -2.32. The monoisotopic (exact) mass is 332 g/mol. The largest absolute Gasteiger partial charge is 0.443 e. The highest BCUT2D eigenvalue weighted by molar-refractivity contribution is 6.05. The van der Waals surface area contributed by atoms with E-state index in [-0.39, 0.29) is 18.1 Å². The molecule has 24 heavy (non-hydrogen) atoms. The second-order valence-corrected chi connectivity index (χ2v) is 8.09. The lowest BCUT2D eigenvalue weighted by Crippen LogP contribution is -2.37. The molecule has 0 bridgehead atoms. The molecule has 0 atom stereocenters. The summed E-state index contributed by atoms with van der Waals surface area (Å²) in [6.07, 6.45) is 0.0235. The Labute approximate surface area is 142 Å². The molecule has 0 saturated heterocycles. The Bertz CT molecular complexity index is 732. The van der Waals surface area contributed by atoms with E-state index in [1.807, 2.05) is 20.8 Å². The molecule has 2 amide bonds. The molecule has 0 spiro atoms. The maximum absolute atomic E-state index is 12.7. The molecule has 3 rings (SSSR count). The number of hydrogen-bond acceptors (Lipinski definition) is 5. The summed E-state index contributed by atoms with van der Waals surface area (Å²) < 4.78 is 11.2. The number of ether oxygens (including phenoxy) is 2. The summed E-state index contributed by atoms with van der Waals surface area (Å²) in [5.74, 6) is -0.380. The molecule has 6 nitrogen and oxygen atoms in total. The lowest BCUT2D eigenvalue weighted by atomic mass is 9.91. The maximum Gasteiger partial charge on any atom is 0.417 e. The third kappa shape index (κ3) is 2.90. The average Bonchev–Trinajstić information content (AvgIpc) is 2.74. The molecule has 0 fully saturated rings.